The quantitative estimate of drug-likeness (QED) is 0.120. The molecule has 0 bridgehead atoms. The number of unbranched alkanes of at least 4 members (excludes halogenated alkanes) is 10. The molecular weight excluding hydrogens is 408 g/mol. The fourth-order valence-electron chi connectivity index (χ4n) is 5.09. The van der Waals surface area contributed by atoms with Crippen molar-refractivity contribution in [3.05, 3.63) is 0 Å². The Kier molecular flexibility index (Phi) is 31.1. The summed E-state index contributed by atoms with van der Waals surface area (Å²) in [5.74, 6) is 3.83. The molecule has 0 N–H and O–H groups in total. The van der Waals surface area contributed by atoms with Crippen molar-refractivity contribution in [2.75, 3.05) is 0 Å². The molecule has 0 heterocycles. The maximum atomic E-state index is 2.37. The molecule has 0 rings (SSSR count). The van der Waals surface area contributed by atoms with Gasteiger partial charge in [0.2, 0.25) is 0 Å². The van der Waals surface area contributed by atoms with Crippen molar-refractivity contribution in [1.29, 1.82) is 0 Å². The molecule has 0 aliphatic heterocycles. The molecular formula is C34H72. The first-order valence-electron chi connectivity index (χ1n) is 16.4. The average Bonchev–Trinajstić information content (AvgIpc) is 2.81. The molecule has 0 aromatic carbocycles. The van der Waals surface area contributed by atoms with Gasteiger partial charge in [-0.25, -0.2) is 0 Å². The molecule has 0 heteroatoms. The van der Waals surface area contributed by atoms with Gasteiger partial charge in [0.25, 0.3) is 0 Å². The standard InChI is InChI=1S/C18H38.C16H34/c1-5-7-9-11-13-18(16-15-17(3)4)14-12-10-8-6-2;1-5-7-9-11-16(12-10-8-6-2)14-13-15(3)4/h17-18H,5-16H2,1-4H3;15-16H,5-14H2,1-4H3. The zero-order valence-corrected chi connectivity index (χ0v) is 25.9. The van der Waals surface area contributed by atoms with Crippen LogP contribution < -0.4 is 0 Å². The topological polar surface area (TPSA) is 0 Å². The number of hydrogen-bond donors (Lipinski definition) is 0. The molecule has 0 aliphatic rings. The smallest absolute Gasteiger partial charge is 0.0414 e. The molecule has 0 fully saturated rings. The van der Waals surface area contributed by atoms with Gasteiger partial charge in [-0.2, -0.15) is 0 Å². The highest BCUT2D eigenvalue weighted by molar-refractivity contribution is 4.63. The second-order valence-corrected chi connectivity index (χ2v) is 12.4. The van der Waals surface area contributed by atoms with E-state index in [2.05, 4.69) is 55.4 Å². The summed E-state index contributed by atoms with van der Waals surface area (Å²) < 4.78 is 0. The minimum atomic E-state index is 0.888. The third-order valence-electron chi connectivity index (χ3n) is 7.67. The molecule has 0 saturated carbocycles. The van der Waals surface area contributed by atoms with E-state index in [1.807, 2.05) is 0 Å². The van der Waals surface area contributed by atoms with Crippen molar-refractivity contribution in [3.8, 4) is 0 Å². The minimum absolute atomic E-state index is 0.888. The van der Waals surface area contributed by atoms with Crippen LogP contribution in [-0.2, 0) is 0 Å². The Morgan fingerprint density at radius 1 is 0.294 bits per heavy atom. The molecule has 0 nitrogen and oxygen atoms in total. The van der Waals surface area contributed by atoms with Gasteiger partial charge in [-0.1, -0.05) is 197 Å². The lowest BCUT2D eigenvalue weighted by Gasteiger charge is -2.18. The molecule has 0 unspecified atom stereocenters. The third-order valence-corrected chi connectivity index (χ3v) is 7.67. The molecule has 0 amide bonds. The Bertz CT molecular complexity index is 320. The van der Waals surface area contributed by atoms with Crippen LogP contribution in [0.4, 0.5) is 0 Å². The lowest BCUT2D eigenvalue weighted by atomic mass is 9.88. The first-order chi connectivity index (χ1) is 16.4. The molecule has 0 aromatic heterocycles. The van der Waals surface area contributed by atoms with Crippen molar-refractivity contribution in [2.45, 2.75) is 197 Å². The van der Waals surface area contributed by atoms with Crippen LogP contribution in [0.15, 0.2) is 0 Å². The first kappa shape index (κ1) is 36.2. The van der Waals surface area contributed by atoms with Crippen molar-refractivity contribution >= 4 is 0 Å². The van der Waals surface area contributed by atoms with Gasteiger partial charge >= 0.3 is 0 Å². The monoisotopic (exact) mass is 481 g/mol. The average molecular weight is 481 g/mol. The van der Waals surface area contributed by atoms with E-state index in [4.69, 9.17) is 0 Å². The molecule has 0 radical (unpaired) electrons. The van der Waals surface area contributed by atoms with E-state index in [1.165, 1.54) is 141 Å². The number of hydrogen-bond acceptors (Lipinski definition) is 0. The van der Waals surface area contributed by atoms with Crippen molar-refractivity contribution in [3.63, 3.8) is 0 Å². The predicted octanol–water partition coefficient (Wildman–Crippen LogP) is 13.2. The van der Waals surface area contributed by atoms with Gasteiger partial charge in [-0.05, 0) is 23.7 Å². The van der Waals surface area contributed by atoms with E-state index >= 15 is 0 Å². The van der Waals surface area contributed by atoms with Crippen LogP contribution in [0.2, 0.25) is 0 Å². The molecule has 34 heavy (non-hydrogen) atoms. The van der Waals surface area contributed by atoms with Crippen LogP contribution in [0.3, 0.4) is 0 Å². The highest BCUT2D eigenvalue weighted by Gasteiger charge is 2.10. The second-order valence-electron chi connectivity index (χ2n) is 12.4. The fraction of sp³-hybridized carbons (Fsp3) is 1.00. The van der Waals surface area contributed by atoms with Crippen LogP contribution in [0, 0.1) is 23.7 Å². The van der Waals surface area contributed by atoms with E-state index in [0.29, 0.717) is 0 Å². The van der Waals surface area contributed by atoms with Gasteiger partial charge in [-0.3, -0.25) is 0 Å². The van der Waals surface area contributed by atoms with Crippen molar-refractivity contribution < 1.29 is 0 Å². The molecule has 0 aliphatic carbocycles. The maximum Gasteiger partial charge on any atom is -0.0414 e. The molecule has 208 valence electrons. The van der Waals surface area contributed by atoms with Crippen LogP contribution in [0.1, 0.15) is 197 Å². The fourth-order valence-corrected chi connectivity index (χ4v) is 5.09. The van der Waals surface area contributed by atoms with E-state index in [-0.39, 0.29) is 0 Å². The normalized spacial score (nSPS) is 11.6. The molecule has 0 atom stereocenters. The van der Waals surface area contributed by atoms with Crippen LogP contribution >= 0.6 is 0 Å². The van der Waals surface area contributed by atoms with E-state index in [1.54, 1.807) is 0 Å². The van der Waals surface area contributed by atoms with E-state index < -0.39 is 0 Å². The summed E-state index contributed by atoms with van der Waals surface area (Å²) in [6.45, 7) is 18.7. The van der Waals surface area contributed by atoms with Gasteiger partial charge in [0.1, 0.15) is 0 Å². The Morgan fingerprint density at radius 2 is 0.559 bits per heavy atom. The predicted molar refractivity (Wildman–Crippen MR) is 161 cm³/mol. The van der Waals surface area contributed by atoms with Crippen LogP contribution in [0.5, 0.6) is 0 Å². The van der Waals surface area contributed by atoms with E-state index in [0.717, 1.165) is 23.7 Å². The Hall–Kier alpha value is 0. The highest BCUT2D eigenvalue weighted by atomic mass is 14.2. The highest BCUT2D eigenvalue weighted by Crippen LogP contribution is 2.25. The zero-order chi connectivity index (χ0) is 25.9. The molecule has 0 spiro atoms. The number of rotatable bonds is 24. The first-order valence-corrected chi connectivity index (χ1v) is 16.4. The summed E-state index contributed by atoms with van der Waals surface area (Å²) in [4.78, 5) is 0. The van der Waals surface area contributed by atoms with Crippen LogP contribution in [0.25, 0.3) is 0 Å². The second kappa shape index (κ2) is 29.2. The van der Waals surface area contributed by atoms with Crippen molar-refractivity contribution in [2.24, 2.45) is 23.7 Å². The lowest BCUT2D eigenvalue weighted by Crippen LogP contribution is -2.03. The lowest BCUT2D eigenvalue weighted by molar-refractivity contribution is 0.353. The van der Waals surface area contributed by atoms with Crippen molar-refractivity contribution in [1.82, 2.24) is 0 Å². The summed E-state index contributed by atoms with van der Waals surface area (Å²) >= 11 is 0. The van der Waals surface area contributed by atoms with Gasteiger partial charge in [0, 0.05) is 0 Å². The third kappa shape index (κ3) is 30.0. The van der Waals surface area contributed by atoms with Gasteiger partial charge < -0.3 is 0 Å². The molecule has 0 saturated heterocycles. The summed E-state index contributed by atoms with van der Waals surface area (Å²) in [5.41, 5.74) is 0. The Labute approximate surface area is 220 Å². The zero-order valence-electron chi connectivity index (χ0n) is 25.9. The summed E-state index contributed by atoms with van der Waals surface area (Å²) in [7, 11) is 0. The maximum absolute atomic E-state index is 2.37. The summed E-state index contributed by atoms with van der Waals surface area (Å²) in [6.07, 6.45) is 31.8. The molecule has 0 aromatic rings. The Balaban J connectivity index is 0. The van der Waals surface area contributed by atoms with Gasteiger partial charge in [0.05, 0.1) is 0 Å². The van der Waals surface area contributed by atoms with E-state index in [9.17, 15) is 0 Å². The van der Waals surface area contributed by atoms with Gasteiger partial charge in [-0.15, -0.1) is 0 Å². The van der Waals surface area contributed by atoms with Gasteiger partial charge in [0.15, 0.2) is 0 Å². The largest absolute Gasteiger partial charge is 0.0654 e. The van der Waals surface area contributed by atoms with Crippen LogP contribution in [-0.4, -0.2) is 0 Å². The summed E-state index contributed by atoms with van der Waals surface area (Å²) in [6, 6.07) is 0. The summed E-state index contributed by atoms with van der Waals surface area (Å²) in [5, 5.41) is 0. The SMILES string of the molecule is CCCCCC(CCCCC)CCC(C)C.CCCCCCC(CCCCCC)CCC(C)C. The Morgan fingerprint density at radius 3 is 0.824 bits per heavy atom. The minimum Gasteiger partial charge on any atom is -0.0654 e.